The number of thiophene rings is 1. The van der Waals surface area contributed by atoms with Crippen molar-refractivity contribution in [3.8, 4) is 5.69 Å². The van der Waals surface area contributed by atoms with Gasteiger partial charge in [0.1, 0.15) is 0 Å². The van der Waals surface area contributed by atoms with Gasteiger partial charge in [-0.2, -0.15) is 0 Å². The summed E-state index contributed by atoms with van der Waals surface area (Å²) in [4.78, 5) is 28.9. The van der Waals surface area contributed by atoms with Crippen molar-refractivity contribution in [3.05, 3.63) is 83.8 Å². The molecule has 1 amide bonds. The van der Waals surface area contributed by atoms with Crippen LogP contribution >= 0.6 is 11.3 Å². The third-order valence-electron chi connectivity index (χ3n) is 4.93. The predicted molar refractivity (Wildman–Crippen MR) is 116 cm³/mol. The molecule has 0 radical (unpaired) electrons. The molecule has 1 unspecified atom stereocenters. The molecule has 4 rings (SSSR count). The number of imidazole rings is 1. The zero-order valence-corrected chi connectivity index (χ0v) is 16.9. The Balaban J connectivity index is 1.32. The Morgan fingerprint density at radius 3 is 2.66 bits per heavy atom. The molecule has 0 aliphatic heterocycles. The van der Waals surface area contributed by atoms with Crippen molar-refractivity contribution in [3.63, 3.8) is 0 Å². The first kappa shape index (κ1) is 19.1. The molecule has 0 spiro atoms. The molecule has 0 aliphatic rings. The van der Waals surface area contributed by atoms with Gasteiger partial charge in [-0.15, -0.1) is 11.3 Å². The summed E-state index contributed by atoms with van der Waals surface area (Å²) < 4.78 is 3.01. The highest BCUT2D eigenvalue weighted by Crippen LogP contribution is 2.27. The molecule has 0 saturated heterocycles. The van der Waals surface area contributed by atoms with Gasteiger partial charge in [0, 0.05) is 52.0 Å². The van der Waals surface area contributed by atoms with Crippen LogP contribution in [0.1, 0.15) is 41.7 Å². The molecule has 146 valence electrons. The number of carbonyl (C=O) groups excluding carboxylic acids is 2. The molecule has 2 aromatic heterocycles. The normalized spacial score (nSPS) is 12.0. The first-order valence-corrected chi connectivity index (χ1v) is 10.4. The van der Waals surface area contributed by atoms with Crippen LogP contribution in [0.5, 0.6) is 0 Å². The quantitative estimate of drug-likeness (QED) is 0.445. The minimum atomic E-state index is -0.128. The van der Waals surface area contributed by atoms with E-state index in [-0.39, 0.29) is 30.6 Å². The highest BCUT2D eigenvalue weighted by molar-refractivity contribution is 7.17. The molecule has 29 heavy (non-hydrogen) atoms. The second kappa shape index (κ2) is 8.41. The minimum absolute atomic E-state index is 0.00920. The fourth-order valence-electron chi connectivity index (χ4n) is 3.30. The lowest BCUT2D eigenvalue weighted by molar-refractivity contribution is -0.121. The molecule has 1 atom stereocenters. The van der Waals surface area contributed by atoms with Gasteiger partial charge in [-0.25, -0.2) is 4.98 Å². The Bertz CT molecular complexity index is 1130. The maximum absolute atomic E-state index is 12.5. The Morgan fingerprint density at radius 1 is 1.10 bits per heavy atom. The molecule has 0 fully saturated rings. The number of hydrogen-bond acceptors (Lipinski definition) is 4. The first-order chi connectivity index (χ1) is 14.1. The minimum Gasteiger partial charge on any atom is -0.350 e. The number of amides is 1. The van der Waals surface area contributed by atoms with Gasteiger partial charge in [-0.1, -0.05) is 30.3 Å². The predicted octanol–water partition coefficient (Wildman–Crippen LogP) is 4.93. The molecule has 4 aromatic rings. The molecule has 1 N–H and O–H groups in total. The van der Waals surface area contributed by atoms with Gasteiger partial charge >= 0.3 is 0 Å². The van der Waals surface area contributed by atoms with Crippen molar-refractivity contribution >= 4 is 33.1 Å². The van der Waals surface area contributed by atoms with E-state index in [4.69, 9.17) is 0 Å². The van der Waals surface area contributed by atoms with Crippen LogP contribution in [-0.4, -0.2) is 21.2 Å². The van der Waals surface area contributed by atoms with Gasteiger partial charge in [0.25, 0.3) is 0 Å². The van der Waals surface area contributed by atoms with Crippen LogP contribution in [0.3, 0.4) is 0 Å². The zero-order chi connectivity index (χ0) is 20.2. The maximum Gasteiger partial charge on any atom is 0.220 e. The number of nitrogens with zero attached hydrogens (tertiary/aromatic N) is 2. The fourth-order valence-corrected chi connectivity index (χ4v) is 4.26. The van der Waals surface area contributed by atoms with Gasteiger partial charge in [0.05, 0.1) is 12.4 Å². The molecule has 0 saturated carbocycles. The summed E-state index contributed by atoms with van der Waals surface area (Å²) in [6.07, 6.45) is 5.75. The molecule has 2 aromatic carbocycles. The Labute approximate surface area is 173 Å². The van der Waals surface area contributed by atoms with Crippen LogP contribution in [0.15, 0.2) is 72.6 Å². The van der Waals surface area contributed by atoms with Crippen molar-refractivity contribution in [2.45, 2.75) is 25.8 Å². The summed E-state index contributed by atoms with van der Waals surface area (Å²) in [6, 6.07) is 15.7. The van der Waals surface area contributed by atoms with E-state index < -0.39 is 0 Å². The van der Waals surface area contributed by atoms with E-state index in [1.165, 1.54) is 0 Å². The van der Waals surface area contributed by atoms with E-state index in [1.54, 1.807) is 23.9 Å². The van der Waals surface area contributed by atoms with Gasteiger partial charge in [0.2, 0.25) is 5.91 Å². The number of nitrogens with one attached hydrogen (secondary N) is 1. The van der Waals surface area contributed by atoms with Gasteiger partial charge in [-0.3, -0.25) is 9.59 Å². The summed E-state index contributed by atoms with van der Waals surface area (Å²) in [5.74, 6) is -0.112. The number of ketones is 1. The Hall–Kier alpha value is -3.25. The third kappa shape index (κ3) is 4.27. The lowest BCUT2D eigenvalue weighted by atomic mass is 10.0. The van der Waals surface area contributed by atoms with Crippen LogP contribution in [0.4, 0.5) is 0 Å². The monoisotopic (exact) mass is 403 g/mol. The summed E-state index contributed by atoms with van der Waals surface area (Å²) in [7, 11) is 0. The van der Waals surface area contributed by atoms with Crippen LogP contribution in [0, 0.1) is 0 Å². The molecule has 0 bridgehead atoms. The number of rotatable bonds is 7. The third-order valence-corrected chi connectivity index (χ3v) is 5.90. The standard InChI is InChI=1S/C23H21N3O2S/c1-16(17-6-8-18(9-7-17)26-13-12-24-15-26)25-23(28)11-10-21(27)20-14-29-22-5-3-2-4-19(20)22/h2-9,12-16H,10-11H2,1H3,(H,25,28). The number of benzene rings is 2. The van der Waals surface area contributed by atoms with Crippen molar-refractivity contribution in [2.24, 2.45) is 0 Å². The highest BCUT2D eigenvalue weighted by atomic mass is 32.1. The topological polar surface area (TPSA) is 64.0 Å². The van der Waals surface area contributed by atoms with E-state index in [2.05, 4.69) is 10.3 Å². The van der Waals surface area contributed by atoms with Crippen molar-refractivity contribution in [1.29, 1.82) is 0 Å². The zero-order valence-electron chi connectivity index (χ0n) is 16.0. The second-order valence-electron chi connectivity index (χ2n) is 6.92. The Morgan fingerprint density at radius 2 is 1.90 bits per heavy atom. The maximum atomic E-state index is 12.5. The summed E-state index contributed by atoms with van der Waals surface area (Å²) >= 11 is 1.56. The number of Topliss-reactive ketones (excluding diaryl/α,β-unsaturated/α-hetero) is 1. The van der Waals surface area contributed by atoms with Gasteiger partial charge in [-0.05, 0) is 30.7 Å². The fraction of sp³-hybridized carbons (Fsp3) is 0.174. The SMILES string of the molecule is CC(NC(=O)CCC(=O)c1csc2ccccc12)c1ccc(-n2ccnc2)cc1. The second-order valence-corrected chi connectivity index (χ2v) is 7.83. The van der Waals surface area contributed by atoms with Gasteiger partial charge in [0.15, 0.2) is 5.78 Å². The summed E-state index contributed by atoms with van der Waals surface area (Å²) in [5.41, 5.74) is 2.73. The average molecular weight is 404 g/mol. The highest BCUT2D eigenvalue weighted by Gasteiger charge is 2.15. The van der Waals surface area contributed by atoms with Crippen LogP contribution in [0.2, 0.25) is 0 Å². The number of hydrogen-bond donors (Lipinski definition) is 1. The molecular formula is C23H21N3O2S. The largest absolute Gasteiger partial charge is 0.350 e. The molecule has 2 heterocycles. The summed E-state index contributed by atoms with van der Waals surface area (Å²) in [6.45, 7) is 1.94. The summed E-state index contributed by atoms with van der Waals surface area (Å²) in [5, 5.41) is 5.83. The molecular weight excluding hydrogens is 382 g/mol. The van der Waals surface area contributed by atoms with Crippen molar-refractivity contribution in [1.82, 2.24) is 14.9 Å². The smallest absolute Gasteiger partial charge is 0.220 e. The van der Waals surface area contributed by atoms with E-state index >= 15 is 0 Å². The number of aromatic nitrogens is 2. The van der Waals surface area contributed by atoms with Gasteiger partial charge < -0.3 is 9.88 Å². The molecule has 0 aliphatic carbocycles. The lowest BCUT2D eigenvalue weighted by Crippen LogP contribution is -2.26. The lowest BCUT2D eigenvalue weighted by Gasteiger charge is -2.15. The van der Waals surface area contributed by atoms with Crippen LogP contribution in [-0.2, 0) is 4.79 Å². The number of fused-ring (bicyclic) bond motifs is 1. The van der Waals surface area contributed by atoms with E-state index in [0.717, 1.165) is 21.3 Å². The molecule has 6 heteroatoms. The van der Waals surface area contributed by atoms with E-state index in [9.17, 15) is 9.59 Å². The molecule has 5 nitrogen and oxygen atoms in total. The van der Waals surface area contributed by atoms with E-state index in [1.807, 2.05) is 71.6 Å². The van der Waals surface area contributed by atoms with Crippen LogP contribution < -0.4 is 5.32 Å². The first-order valence-electron chi connectivity index (χ1n) is 9.49. The average Bonchev–Trinajstić information content (AvgIpc) is 3.42. The van der Waals surface area contributed by atoms with Crippen molar-refractivity contribution < 1.29 is 9.59 Å². The number of carbonyl (C=O) groups is 2. The Kier molecular flexibility index (Phi) is 5.53. The van der Waals surface area contributed by atoms with Crippen LogP contribution in [0.25, 0.3) is 15.8 Å². The van der Waals surface area contributed by atoms with Crippen molar-refractivity contribution in [2.75, 3.05) is 0 Å². The van der Waals surface area contributed by atoms with E-state index in [0.29, 0.717) is 5.56 Å².